The first-order valence-electron chi connectivity index (χ1n) is 6.29. The molecule has 0 aliphatic carbocycles. The van der Waals surface area contributed by atoms with Gasteiger partial charge in [-0.1, -0.05) is 6.07 Å². The highest BCUT2D eigenvalue weighted by molar-refractivity contribution is 5.31. The highest BCUT2D eigenvalue weighted by Gasteiger charge is 2.13. The summed E-state index contributed by atoms with van der Waals surface area (Å²) in [5, 5.41) is 8.07. The molecule has 0 aliphatic heterocycles. The molecular weight excluding hydrogens is 241 g/mol. The first kappa shape index (κ1) is 13.6. The van der Waals surface area contributed by atoms with Crippen LogP contribution in [0, 0.1) is 26.6 Å². The van der Waals surface area contributed by atoms with Crippen LogP contribution in [0.25, 0.3) is 0 Å². The predicted octanol–water partition coefficient (Wildman–Crippen LogP) is 2.78. The maximum Gasteiger partial charge on any atom is 0.123 e. The molecule has 3 nitrogen and oxygen atoms in total. The highest BCUT2D eigenvalue weighted by atomic mass is 19.1. The first-order valence-corrected chi connectivity index (χ1v) is 6.29. The molecule has 0 bridgehead atoms. The van der Waals surface area contributed by atoms with Crippen LogP contribution >= 0.6 is 0 Å². The van der Waals surface area contributed by atoms with Crippen molar-refractivity contribution < 1.29 is 4.39 Å². The number of benzene rings is 1. The van der Waals surface area contributed by atoms with Crippen molar-refractivity contribution in [2.75, 3.05) is 0 Å². The van der Waals surface area contributed by atoms with E-state index in [1.807, 2.05) is 26.8 Å². The van der Waals surface area contributed by atoms with Gasteiger partial charge >= 0.3 is 0 Å². The van der Waals surface area contributed by atoms with E-state index in [2.05, 4.69) is 10.2 Å². The van der Waals surface area contributed by atoms with Gasteiger partial charge in [-0.3, -0.25) is 0 Å². The van der Waals surface area contributed by atoms with Gasteiger partial charge in [0, 0.05) is 6.04 Å². The van der Waals surface area contributed by atoms with E-state index in [1.165, 1.54) is 6.07 Å². The summed E-state index contributed by atoms with van der Waals surface area (Å²) in [5.41, 5.74) is 10.8. The van der Waals surface area contributed by atoms with Crippen LogP contribution in [-0.2, 0) is 6.42 Å². The molecule has 0 aliphatic rings. The molecule has 1 unspecified atom stereocenters. The van der Waals surface area contributed by atoms with Crippen molar-refractivity contribution in [3.8, 4) is 0 Å². The van der Waals surface area contributed by atoms with Gasteiger partial charge in [0.25, 0.3) is 0 Å². The molecule has 0 radical (unpaired) electrons. The zero-order valence-corrected chi connectivity index (χ0v) is 11.4. The maximum atomic E-state index is 13.3. The van der Waals surface area contributed by atoms with Gasteiger partial charge in [0.15, 0.2) is 0 Å². The van der Waals surface area contributed by atoms with Crippen molar-refractivity contribution >= 4 is 0 Å². The van der Waals surface area contributed by atoms with Crippen LogP contribution in [0.3, 0.4) is 0 Å². The number of hydrogen-bond acceptors (Lipinski definition) is 3. The summed E-state index contributed by atoms with van der Waals surface area (Å²) < 4.78 is 13.3. The van der Waals surface area contributed by atoms with E-state index in [9.17, 15) is 4.39 Å². The van der Waals surface area contributed by atoms with Crippen LogP contribution in [0.2, 0.25) is 0 Å². The first-order chi connectivity index (χ1) is 8.97. The van der Waals surface area contributed by atoms with Crippen LogP contribution < -0.4 is 5.73 Å². The zero-order valence-electron chi connectivity index (χ0n) is 11.4. The summed E-state index contributed by atoms with van der Waals surface area (Å²) in [6.07, 6.45) is 0.593. The fourth-order valence-corrected chi connectivity index (χ4v) is 2.15. The quantitative estimate of drug-likeness (QED) is 0.922. The Hall–Kier alpha value is -1.81. The molecule has 2 N–H and O–H groups in total. The zero-order chi connectivity index (χ0) is 14.0. The third-order valence-corrected chi connectivity index (χ3v) is 3.29. The average molecular weight is 259 g/mol. The minimum atomic E-state index is -0.228. The Balaban J connectivity index is 2.27. The van der Waals surface area contributed by atoms with E-state index in [0.717, 1.165) is 28.1 Å². The molecule has 1 atom stereocenters. The van der Waals surface area contributed by atoms with E-state index in [-0.39, 0.29) is 11.9 Å². The minimum absolute atomic E-state index is 0.199. The Morgan fingerprint density at radius 3 is 2.63 bits per heavy atom. The minimum Gasteiger partial charge on any atom is -0.324 e. The molecule has 2 rings (SSSR count). The van der Waals surface area contributed by atoms with Gasteiger partial charge in [-0.25, -0.2) is 4.39 Å². The standard InChI is InChI=1S/C15H18FN3/c1-9-4-5-13(16)7-12(9)8-15(17)14-6-10(2)18-19-11(14)3/h4-7,15H,8,17H2,1-3H3. The predicted molar refractivity (Wildman–Crippen MR) is 73.3 cm³/mol. The van der Waals surface area contributed by atoms with Crippen molar-refractivity contribution in [2.24, 2.45) is 5.73 Å². The third kappa shape index (κ3) is 3.15. The SMILES string of the molecule is Cc1cc(C(N)Cc2cc(F)ccc2C)c(C)nn1. The Bertz CT molecular complexity index is 596. The smallest absolute Gasteiger partial charge is 0.123 e. The number of hydrogen-bond donors (Lipinski definition) is 1. The third-order valence-electron chi connectivity index (χ3n) is 3.29. The Morgan fingerprint density at radius 2 is 1.89 bits per heavy atom. The highest BCUT2D eigenvalue weighted by Crippen LogP contribution is 2.21. The lowest BCUT2D eigenvalue weighted by molar-refractivity contribution is 0.620. The normalized spacial score (nSPS) is 12.5. The monoisotopic (exact) mass is 259 g/mol. The largest absolute Gasteiger partial charge is 0.324 e. The molecular formula is C15H18FN3. The number of nitrogens with zero attached hydrogens (tertiary/aromatic N) is 2. The van der Waals surface area contributed by atoms with Crippen LogP contribution in [-0.4, -0.2) is 10.2 Å². The summed E-state index contributed by atoms with van der Waals surface area (Å²) in [6.45, 7) is 5.74. The fourth-order valence-electron chi connectivity index (χ4n) is 2.15. The number of aromatic nitrogens is 2. The van der Waals surface area contributed by atoms with Gasteiger partial charge in [0.1, 0.15) is 5.82 Å². The summed E-state index contributed by atoms with van der Waals surface area (Å²) in [6, 6.07) is 6.54. The average Bonchev–Trinajstić information content (AvgIpc) is 2.36. The van der Waals surface area contributed by atoms with Gasteiger partial charge in [-0.15, -0.1) is 0 Å². The second kappa shape index (κ2) is 5.45. The van der Waals surface area contributed by atoms with Crippen LogP contribution in [0.1, 0.15) is 34.1 Å². The molecule has 4 heteroatoms. The van der Waals surface area contributed by atoms with Gasteiger partial charge in [-0.2, -0.15) is 10.2 Å². The Kier molecular flexibility index (Phi) is 3.90. The van der Waals surface area contributed by atoms with Crippen molar-refractivity contribution in [1.29, 1.82) is 0 Å². The molecule has 1 heterocycles. The van der Waals surface area contributed by atoms with E-state index in [1.54, 1.807) is 12.1 Å². The molecule has 0 saturated carbocycles. The summed E-state index contributed by atoms with van der Waals surface area (Å²) in [4.78, 5) is 0. The van der Waals surface area contributed by atoms with E-state index in [0.29, 0.717) is 6.42 Å². The second-order valence-electron chi connectivity index (χ2n) is 4.91. The lowest BCUT2D eigenvalue weighted by atomic mass is 9.96. The molecule has 19 heavy (non-hydrogen) atoms. The van der Waals surface area contributed by atoms with Crippen LogP contribution in [0.4, 0.5) is 4.39 Å². The number of halogens is 1. The summed E-state index contributed by atoms with van der Waals surface area (Å²) in [7, 11) is 0. The number of aryl methyl sites for hydroxylation is 3. The summed E-state index contributed by atoms with van der Waals surface area (Å²) >= 11 is 0. The van der Waals surface area contributed by atoms with E-state index < -0.39 is 0 Å². The molecule has 0 fully saturated rings. The van der Waals surface area contributed by atoms with Gasteiger partial charge in [0.2, 0.25) is 0 Å². The molecule has 0 amide bonds. The topological polar surface area (TPSA) is 51.8 Å². The molecule has 1 aromatic heterocycles. The fraction of sp³-hybridized carbons (Fsp3) is 0.333. The molecule has 100 valence electrons. The van der Waals surface area contributed by atoms with E-state index >= 15 is 0 Å². The van der Waals surface area contributed by atoms with Crippen molar-refractivity contribution in [3.63, 3.8) is 0 Å². The molecule has 0 saturated heterocycles. The summed E-state index contributed by atoms with van der Waals surface area (Å²) in [5.74, 6) is -0.228. The number of nitrogens with two attached hydrogens (primary N) is 1. The lowest BCUT2D eigenvalue weighted by Gasteiger charge is -2.15. The van der Waals surface area contributed by atoms with Crippen molar-refractivity contribution in [1.82, 2.24) is 10.2 Å². The van der Waals surface area contributed by atoms with Gasteiger partial charge < -0.3 is 5.73 Å². The molecule has 2 aromatic rings. The van der Waals surface area contributed by atoms with Crippen molar-refractivity contribution in [3.05, 3.63) is 58.2 Å². The van der Waals surface area contributed by atoms with Gasteiger partial charge in [-0.05, 0) is 62.1 Å². The van der Waals surface area contributed by atoms with Crippen LogP contribution in [0.15, 0.2) is 24.3 Å². The Morgan fingerprint density at radius 1 is 1.16 bits per heavy atom. The Labute approximate surface area is 112 Å². The number of rotatable bonds is 3. The lowest BCUT2D eigenvalue weighted by Crippen LogP contribution is -2.16. The van der Waals surface area contributed by atoms with E-state index in [4.69, 9.17) is 5.73 Å². The second-order valence-corrected chi connectivity index (χ2v) is 4.91. The maximum absolute atomic E-state index is 13.3. The molecule has 1 aromatic carbocycles. The van der Waals surface area contributed by atoms with Crippen molar-refractivity contribution in [2.45, 2.75) is 33.2 Å². The van der Waals surface area contributed by atoms with Crippen LogP contribution in [0.5, 0.6) is 0 Å². The molecule has 0 spiro atoms. The van der Waals surface area contributed by atoms with Gasteiger partial charge in [0.05, 0.1) is 11.4 Å².